The molecule has 22 heavy (non-hydrogen) atoms. The molecule has 1 aromatic heterocycles. The van der Waals surface area contributed by atoms with Gasteiger partial charge in [0.1, 0.15) is 6.61 Å². The Balaban J connectivity index is 1.70. The van der Waals surface area contributed by atoms with E-state index in [1.807, 2.05) is 0 Å². The summed E-state index contributed by atoms with van der Waals surface area (Å²) in [7, 11) is 1.40. The molecule has 1 heterocycles. The molecule has 0 bridgehead atoms. The minimum Gasteiger partial charge on any atom is -0.494 e. The van der Waals surface area contributed by atoms with Gasteiger partial charge in [-0.3, -0.25) is 0 Å². The first-order chi connectivity index (χ1) is 10.7. The Morgan fingerprint density at radius 2 is 2.14 bits per heavy atom. The summed E-state index contributed by atoms with van der Waals surface area (Å²) in [6.07, 6.45) is 0. The number of nitrogens with zero attached hydrogens (tertiary/aromatic N) is 1. The minimum absolute atomic E-state index is 0.000471. The van der Waals surface area contributed by atoms with Gasteiger partial charge in [-0.2, -0.15) is 0 Å². The molecule has 4 nitrogen and oxygen atoms in total. The van der Waals surface area contributed by atoms with Crippen molar-refractivity contribution in [2.45, 2.75) is 6.61 Å². The number of methoxy groups -OCH3 is 1. The molecule has 0 radical (unpaired) electrons. The summed E-state index contributed by atoms with van der Waals surface area (Å²) in [6, 6.07) is 9.63. The SMILES string of the molecule is COc1ccc(COC(=O)c2ccc3ncsc3c2)cc1F. The highest BCUT2D eigenvalue weighted by Crippen LogP contribution is 2.21. The first-order valence-corrected chi connectivity index (χ1v) is 7.38. The van der Waals surface area contributed by atoms with Crippen LogP contribution >= 0.6 is 11.3 Å². The van der Waals surface area contributed by atoms with E-state index in [1.165, 1.54) is 30.6 Å². The number of benzene rings is 2. The molecular weight excluding hydrogens is 305 g/mol. The van der Waals surface area contributed by atoms with Gasteiger partial charge < -0.3 is 9.47 Å². The number of hydrogen-bond donors (Lipinski definition) is 0. The number of halogens is 1. The number of ether oxygens (including phenoxy) is 2. The maximum absolute atomic E-state index is 13.6. The normalized spacial score (nSPS) is 10.6. The second kappa shape index (κ2) is 6.11. The molecule has 0 fully saturated rings. The third-order valence-electron chi connectivity index (χ3n) is 3.15. The molecule has 6 heteroatoms. The molecule has 3 aromatic rings. The first-order valence-electron chi connectivity index (χ1n) is 6.50. The zero-order valence-electron chi connectivity index (χ0n) is 11.7. The van der Waals surface area contributed by atoms with Crippen LogP contribution in [0.5, 0.6) is 5.75 Å². The zero-order valence-corrected chi connectivity index (χ0v) is 12.5. The molecule has 0 aliphatic carbocycles. The lowest BCUT2D eigenvalue weighted by atomic mass is 10.2. The van der Waals surface area contributed by atoms with Gasteiger partial charge >= 0.3 is 5.97 Å². The lowest BCUT2D eigenvalue weighted by molar-refractivity contribution is 0.0472. The van der Waals surface area contributed by atoms with Crippen LogP contribution in [0.15, 0.2) is 41.9 Å². The summed E-state index contributed by atoms with van der Waals surface area (Å²) < 4.78 is 24.5. The van der Waals surface area contributed by atoms with Crippen LogP contribution in [0.4, 0.5) is 4.39 Å². The average molecular weight is 317 g/mol. The highest BCUT2D eigenvalue weighted by molar-refractivity contribution is 7.16. The van der Waals surface area contributed by atoms with Gasteiger partial charge in [0.2, 0.25) is 0 Å². The van der Waals surface area contributed by atoms with Gasteiger partial charge in [-0.25, -0.2) is 14.2 Å². The fourth-order valence-electron chi connectivity index (χ4n) is 2.01. The van der Waals surface area contributed by atoms with E-state index in [9.17, 15) is 9.18 Å². The van der Waals surface area contributed by atoms with Crippen molar-refractivity contribution in [3.8, 4) is 5.75 Å². The van der Waals surface area contributed by atoms with Gasteiger partial charge in [-0.1, -0.05) is 6.07 Å². The van der Waals surface area contributed by atoms with Crippen LogP contribution in [0.2, 0.25) is 0 Å². The van der Waals surface area contributed by atoms with Crippen molar-refractivity contribution in [3.63, 3.8) is 0 Å². The number of fused-ring (bicyclic) bond motifs is 1. The fraction of sp³-hybridized carbons (Fsp3) is 0.125. The molecule has 0 spiro atoms. The van der Waals surface area contributed by atoms with Crippen molar-refractivity contribution in [2.24, 2.45) is 0 Å². The van der Waals surface area contributed by atoms with Gasteiger partial charge in [-0.05, 0) is 35.9 Å². The van der Waals surface area contributed by atoms with E-state index in [0.29, 0.717) is 11.1 Å². The lowest BCUT2D eigenvalue weighted by Gasteiger charge is -2.07. The molecule has 0 aliphatic rings. The maximum atomic E-state index is 13.6. The Hall–Kier alpha value is -2.47. The molecule has 0 amide bonds. The molecular formula is C16H12FNO3S. The summed E-state index contributed by atoms with van der Waals surface area (Å²) in [4.78, 5) is 16.2. The second-order valence-corrected chi connectivity index (χ2v) is 5.47. The fourth-order valence-corrected chi connectivity index (χ4v) is 2.73. The maximum Gasteiger partial charge on any atom is 0.338 e. The monoisotopic (exact) mass is 317 g/mol. The van der Waals surface area contributed by atoms with Crippen LogP contribution in [0.1, 0.15) is 15.9 Å². The Bertz CT molecular complexity index is 831. The van der Waals surface area contributed by atoms with Crippen LogP contribution in [-0.4, -0.2) is 18.1 Å². The van der Waals surface area contributed by atoms with Crippen molar-refractivity contribution in [2.75, 3.05) is 7.11 Å². The molecule has 0 saturated heterocycles. The molecule has 3 rings (SSSR count). The molecule has 2 aromatic carbocycles. The van der Waals surface area contributed by atoms with Gasteiger partial charge in [0.05, 0.1) is 28.4 Å². The van der Waals surface area contributed by atoms with Crippen molar-refractivity contribution >= 4 is 27.5 Å². The van der Waals surface area contributed by atoms with Crippen LogP contribution in [0.25, 0.3) is 10.2 Å². The van der Waals surface area contributed by atoms with E-state index in [-0.39, 0.29) is 12.4 Å². The van der Waals surface area contributed by atoms with Crippen LogP contribution in [-0.2, 0) is 11.3 Å². The van der Waals surface area contributed by atoms with Crippen LogP contribution in [0.3, 0.4) is 0 Å². The summed E-state index contributed by atoms with van der Waals surface area (Å²) in [5.41, 5.74) is 3.58. The zero-order chi connectivity index (χ0) is 15.5. The van der Waals surface area contributed by atoms with E-state index < -0.39 is 11.8 Å². The first kappa shape index (κ1) is 14.5. The van der Waals surface area contributed by atoms with Crippen molar-refractivity contribution in [1.29, 1.82) is 0 Å². The van der Waals surface area contributed by atoms with E-state index in [4.69, 9.17) is 9.47 Å². The number of aromatic nitrogens is 1. The van der Waals surface area contributed by atoms with Crippen LogP contribution < -0.4 is 4.74 Å². The van der Waals surface area contributed by atoms with Gasteiger partial charge in [0, 0.05) is 0 Å². The number of rotatable bonds is 4. The summed E-state index contributed by atoms with van der Waals surface area (Å²) in [6.45, 7) is 0.000471. The summed E-state index contributed by atoms with van der Waals surface area (Å²) >= 11 is 1.46. The van der Waals surface area contributed by atoms with E-state index in [0.717, 1.165) is 10.2 Å². The number of esters is 1. The van der Waals surface area contributed by atoms with Gasteiger partial charge in [-0.15, -0.1) is 11.3 Å². The Morgan fingerprint density at radius 3 is 2.91 bits per heavy atom. The quantitative estimate of drug-likeness (QED) is 0.687. The summed E-state index contributed by atoms with van der Waals surface area (Å²) in [5.74, 6) is -0.778. The predicted octanol–water partition coefficient (Wildman–Crippen LogP) is 3.80. The molecule has 112 valence electrons. The Labute approximate surface area is 130 Å². The van der Waals surface area contributed by atoms with E-state index in [1.54, 1.807) is 29.8 Å². The van der Waals surface area contributed by atoms with Crippen molar-refractivity contribution in [1.82, 2.24) is 4.98 Å². The molecule has 0 atom stereocenters. The highest BCUT2D eigenvalue weighted by Gasteiger charge is 2.10. The third kappa shape index (κ3) is 2.92. The number of carbonyl (C=O) groups is 1. The average Bonchev–Trinajstić information content (AvgIpc) is 3.00. The van der Waals surface area contributed by atoms with E-state index >= 15 is 0 Å². The smallest absolute Gasteiger partial charge is 0.338 e. The lowest BCUT2D eigenvalue weighted by Crippen LogP contribution is -2.05. The van der Waals surface area contributed by atoms with Gasteiger partial charge in [0.15, 0.2) is 11.6 Å². The Kier molecular flexibility index (Phi) is 4.02. The molecule has 0 unspecified atom stereocenters. The standard InChI is InChI=1S/C16H12FNO3S/c1-20-14-5-2-10(6-12(14)17)8-21-16(19)11-3-4-13-15(7-11)22-9-18-13/h2-7,9H,8H2,1H3. The number of thiazole rings is 1. The van der Waals surface area contributed by atoms with E-state index in [2.05, 4.69) is 4.98 Å². The predicted molar refractivity (Wildman–Crippen MR) is 81.7 cm³/mol. The molecule has 0 N–H and O–H groups in total. The Morgan fingerprint density at radius 1 is 1.27 bits per heavy atom. The largest absolute Gasteiger partial charge is 0.494 e. The summed E-state index contributed by atoms with van der Waals surface area (Å²) in [5, 5.41) is 0. The van der Waals surface area contributed by atoms with Gasteiger partial charge in [0.25, 0.3) is 0 Å². The minimum atomic E-state index is -0.484. The topological polar surface area (TPSA) is 48.4 Å². The van der Waals surface area contributed by atoms with Crippen LogP contribution in [0, 0.1) is 5.82 Å². The number of hydrogen-bond acceptors (Lipinski definition) is 5. The van der Waals surface area contributed by atoms with Crippen molar-refractivity contribution < 1.29 is 18.7 Å². The second-order valence-electron chi connectivity index (χ2n) is 4.58. The van der Waals surface area contributed by atoms with Crippen molar-refractivity contribution in [3.05, 3.63) is 58.9 Å². The third-order valence-corrected chi connectivity index (χ3v) is 3.94. The number of carbonyl (C=O) groups excluding carboxylic acids is 1. The highest BCUT2D eigenvalue weighted by atomic mass is 32.1. The molecule has 0 aliphatic heterocycles. The molecule has 0 saturated carbocycles.